The third kappa shape index (κ3) is 6.93. The van der Waals surface area contributed by atoms with Gasteiger partial charge in [0, 0.05) is 33.2 Å². The highest BCUT2D eigenvalue weighted by Gasteiger charge is 2.19. The molecule has 2 heteroatoms. The van der Waals surface area contributed by atoms with Gasteiger partial charge in [0.1, 0.15) is 0 Å². The number of hydrogen-bond donors (Lipinski definition) is 0. The van der Waals surface area contributed by atoms with Gasteiger partial charge >= 0.3 is 0 Å². The van der Waals surface area contributed by atoms with Gasteiger partial charge in [-0.3, -0.25) is 0 Å². The van der Waals surface area contributed by atoms with E-state index in [1.165, 1.54) is 82.6 Å². The van der Waals surface area contributed by atoms with Crippen molar-refractivity contribution in [2.75, 3.05) is 4.90 Å². The fourth-order valence-electron chi connectivity index (χ4n) is 9.94. The number of hydrogen-bond acceptors (Lipinski definition) is 1. The van der Waals surface area contributed by atoms with E-state index in [1.54, 1.807) is 0 Å². The maximum atomic E-state index is 2.39. The summed E-state index contributed by atoms with van der Waals surface area (Å²) in [4.78, 5) is 2.39. The van der Waals surface area contributed by atoms with Gasteiger partial charge in [0.25, 0.3) is 0 Å². The normalized spacial score (nSPS) is 11.3. The van der Waals surface area contributed by atoms with E-state index < -0.39 is 0 Å². The molecule has 1 aromatic heterocycles. The van der Waals surface area contributed by atoms with E-state index in [-0.39, 0.29) is 0 Å². The van der Waals surface area contributed by atoms with Gasteiger partial charge in [-0.1, -0.05) is 212 Å². The Morgan fingerprint density at radius 1 is 0.242 bits per heavy atom. The molecule has 1 heterocycles. The zero-order valence-corrected chi connectivity index (χ0v) is 36.3. The minimum Gasteiger partial charge on any atom is -0.310 e. The summed E-state index contributed by atoms with van der Waals surface area (Å²) >= 11 is 0. The molecule has 0 fully saturated rings. The second-order valence-corrected chi connectivity index (χ2v) is 16.8. The Balaban J connectivity index is 0.904. The first-order valence-corrected chi connectivity index (χ1v) is 22.7. The summed E-state index contributed by atoms with van der Waals surface area (Å²) in [6.45, 7) is 0. The third-order valence-corrected chi connectivity index (χ3v) is 13.1. The Labute approximate surface area is 385 Å². The molecule has 0 atom stereocenters. The van der Waals surface area contributed by atoms with E-state index in [0.29, 0.717) is 0 Å². The fraction of sp³-hybridized carbons (Fsp3) is 0. The third-order valence-electron chi connectivity index (χ3n) is 13.1. The number of nitrogens with zero attached hydrogens (tertiary/aromatic N) is 2. The number of anilines is 3. The Morgan fingerprint density at radius 2 is 0.621 bits per heavy atom. The number of benzene rings is 11. The predicted octanol–water partition coefficient (Wildman–Crippen LogP) is 17.7. The van der Waals surface area contributed by atoms with E-state index in [2.05, 4.69) is 276 Å². The van der Waals surface area contributed by atoms with Crippen molar-refractivity contribution in [1.29, 1.82) is 0 Å². The van der Waals surface area contributed by atoms with Crippen molar-refractivity contribution in [2.24, 2.45) is 0 Å². The lowest BCUT2D eigenvalue weighted by molar-refractivity contribution is 1.18. The van der Waals surface area contributed by atoms with Gasteiger partial charge in [-0.25, -0.2) is 0 Å². The van der Waals surface area contributed by atoms with Crippen LogP contribution in [-0.4, -0.2) is 4.57 Å². The lowest BCUT2D eigenvalue weighted by Gasteiger charge is -2.27. The molecule has 0 unspecified atom stereocenters. The first-order chi connectivity index (χ1) is 32.8. The van der Waals surface area contributed by atoms with Crippen LogP contribution in [0.1, 0.15) is 0 Å². The molecule has 12 rings (SSSR count). The van der Waals surface area contributed by atoms with E-state index >= 15 is 0 Å². The summed E-state index contributed by atoms with van der Waals surface area (Å²) < 4.78 is 2.37. The minimum absolute atomic E-state index is 1.09. The monoisotopic (exact) mass is 840 g/mol. The molecular weight excluding hydrogens is 797 g/mol. The van der Waals surface area contributed by atoms with Crippen LogP contribution in [-0.2, 0) is 0 Å². The predicted molar refractivity (Wildman–Crippen MR) is 280 cm³/mol. The summed E-state index contributed by atoms with van der Waals surface area (Å²) in [7, 11) is 0. The molecule has 2 nitrogen and oxygen atoms in total. The standard InChI is InChI=1S/C64H44N2/c1-2-17-47(18-3-1)53-21-6-8-24-56(53)58-26-10-11-27-59(58)57-25-9-7-22-54(57)49-37-43-51(44-38-49)65(62-32-16-20-48-19-4-5-23-55(48)62)50-39-33-45(34-40-50)46-35-41-52(42-36-46)66-63-30-14-12-28-60(63)61-29-13-15-31-64(61)66/h1-44H. The quantitative estimate of drug-likeness (QED) is 0.141. The van der Waals surface area contributed by atoms with Gasteiger partial charge in [0.05, 0.1) is 16.7 Å². The van der Waals surface area contributed by atoms with Crippen LogP contribution in [0.4, 0.5) is 17.1 Å². The van der Waals surface area contributed by atoms with E-state index in [0.717, 1.165) is 28.3 Å². The van der Waals surface area contributed by atoms with E-state index in [1.807, 2.05) is 0 Å². The Morgan fingerprint density at radius 3 is 1.17 bits per heavy atom. The molecule has 0 saturated carbocycles. The average molecular weight is 841 g/mol. The smallest absolute Gasteiger partial charge is 0.0541 e. The highest BCUT2D eigenvalue weighted by Crippen LogP contribution is 2.44. The maximum Gasteiger partial charge on any atom is 0.0541 e. The lowest BCUT2D eigenvalue weighted by atomic mass is 9.87. The van der Waals surface area contributed by atoms with Crippen molar-refractivity contribution in [3.63, 3.8) is 0 Å². The molecule has 0 amide bonds. The Bertz CT molecular complexity index is 3620. The SMILES string of the molecule is c1ccc(-c2ccccc2-c2ccccc2-c2ccccc2-c2ccc(N(c3ccc(-c4ccc(-n5c6ccccc6c6ccccc65)cc4)cc3)c3cccc4ccccc34)cc2)cc1. The molecule has 11 aromatic carbocycles. The molecule has 66 heavy (non-hydrogen) atoms. The maximum absolute atomic E-state index is 2.39. The highest BCUT2D eigenvalue weighted by molar-refractivity contribution is 6.09. The Hall–Kier alpha value is -8.72. The molecule has 310 valence electrons. The van der Waals surface area contributed by atoms with Gasteiger partial charge in [-0.2, -0.15) is 0 Å². The molecule has 12 aromatic rings. The minimum atomic E-state index is 1.09. The van der Waals surface area contributed by atoms with Crippen molar-refractivity contribution < 1.29 is 0 Å². The topological polar surface area (TPSA) is 8.17 Å². The average Bonchev–Trinajstić information content (AvgIpc) is 3.74. The summed E-state index contributed by atoms with van der Waals surface area (Å²) in [5, 5.41) is 4.94. The van der Waals surface area contributed by atoms with Crippen LogP contribution in [0.5, 0.6) is 0 Å². The van der Waals surface area contributed by atoms with Crippen LogP contribution in [0.25, 0.3) is 93.9 Å². The zero-order chi connectivity index (χ0) is 43.8. The summed E-state index contributed by atoms with van der Waals surface area (Å²) in [6, 6.07) is 96.7. The van der Waals surface area contributed by atoms with Crippen LogP contribution in [0.2, 0.25) is 0 Å². The second kappa shape index (κ2) is 16.8. The highest BCUT2D eigenvalue weighted by atomic mass is 15.1. The summed E-state index contributed by atoms with van der Waals surface area (Å²) in [6.07, 6.45) is 0. The van der Waals surface area contributed by atoms with Crippen molar-refractivity contribution in [2.45, 2.75) is 0 Å². The largest absolute Gasteiger partial charge is 0.310 e. The summed E-state index contributed by atoms with van der Waals surface area (Å²) in [5.41, 5.74) is 18.9. The van der Waals surface area contributed by atoms with E-state index in [9.17, 15) is 0 Å². The lowest BCUT2D eigenvalue weighted by Crippen LogP contribution is -2.10. The number of para-hydroxylation sites is 2. The molecule has 0 bridgehead atoms. The van der Waals surface area contributed by atoms with Crippen LogP contribution in [0.15, 0.2) is 267 Å². The molecule has 0 aliphatic carbocycles. The van der Waals surface area contributed by atoms with Crippen molar-refractivity contribution in [1.82, 2.24) is 4.57 Å². The first kappa shape index (κ1) is 38.9. The molecular formula is C64H44N2. The van der Waals surface area contributed by atoms with Crippen LogP contribution < -0.4 is 4.90 Å². The Kier molecular flexibility index (Phi) is 9.89. The van der Waals surface area contributed by atoms with Crippen molar-refractivity contribution in [3.05, 3.63) is 267 Å². The van der Waals surface area contributed by atoms with E-state index in [4.69, 9.17) is 0 Å². The first-order valence-electron chi connectivity index (χ1n) is 22.7. The van der Waals surface area contributed by atoms with Crippen LogP contribution in [0.3, 0.4) is 0 Å². The van der Waals surface area contributed by atoms with Gasteiger partial charge in [-0.15, -0.1) is 0 Å². The van der Waals surface area contributed by atoms with Crippen molar-refractivity contribution >= 4 is 49.6 Å². The second-order valence-electron chi connectivity index (χ2n) is 16.8. The van der Waals surface area contributed by atoms with Crippen LogP contribution in [0, 0.1) is 0 Å². The van der Waals surface area contributed by atoms with Gasteiger partial charge in [-0.05, 0) is 116 Å². The molecule has 0 aliphatic heterocycles. The van der Waals surface area contributed by atoms with Gasteiger partial charge < -0.3 is 9.47 Å². The van der Waals surface area contributed by atoms with Crippen LogP contribution >= 0.6 is 0 Å². The number of aromatic nitrogens is 1. The number of fused-ring (bicyclic) bond motifs is 4. The fourth-order valence-corrected chi connectivity index (χ4v) is 9.94. The molecule has 0 aliphatic rings. The van der Waals surface area contributed by atoms with Crippen molar-refractivity contribution in [3.8, 4) is 61.3 Å². The molecule has 0 N–H and O–H groups in total. The summed E-state index contributed by atoms with van der Waals surface area (Å²) in [5.74, 6) is 0. The molecule has 0 radical (unpaired) electrons. The molecule has 0 spiro atoms. The molecule has 0 saturated heterocycles. The zero-order valence-electron chi connectivity index (χ0n) is 36.3. The van der Waals surface area contributed by atoms with Gasteiger partial charge in [0.15, 0.2) is 0 Å². The number of rotatable bonds is 9. The van der Waals surface area contributed by atoms with Gasteiger partial charge in [0.2, 0.25) is 0 Å².